The molecule has 292 valence electrons. The van der Waals surface area contributed by atoms with Gasteiger partial charge in [0.1, 0.15) is 0 Å². The van der Waals surface area contributed by atoms with Crippen molar-refractivity contribution >= 4 is 57.6 Å². The molecule has 16 heteroatoms. The van der Waals surface area contributed by atoms with E-state index in [0.29, 0.717) is 67.8 Å². The van der Waals surface area contributed by atoms with Crippen molar-refractivity contribution in [2.24, 2.45) is 0 Å². The molecule has 0 fully saturated rings. The van der Waals surface area contributed by atoms with E-state index >= 15 is 0 Å². The summed E-state index contributed by atoms with van der Waals surface area (Å²) in [7, 11) is -4.50. The zero-order valence-corrected chi connectivity index (χ0v) is 32.2. The van der Waals surface area contributed by atoms with Crippen molar-refractivity contribution in [1.29, 1.82) is 0 Å². The number of hydrogen-bond donors (Lipinski definition) is 4. The number of fused-ring (bicyclic) bond motifs is 2. The quantitative estimate of drug-likeness (QED) is 0.0470. The van der Waals surface area contributed by atoms with Gasteiger partial charge in [-0.3, -0.25) is 23.7 Å². The fourth-order valence-electron chi connectivity index (χ4n) is 7.87. The van der Waals surface area contributed by atoms with Crippen LogP contribution in [0.1, 0.15) is 90.2 Å². The first-order valence-corrected chi connectivity index (χ1v) is 20.0. The highest BCUT2D eigenvalue weighted by Gasteiger charge is 2.45. The molecule has 14 nitrogen and oxygen atoms in total. The molecule has 4 N–H and O–H groups in total. The lowest BCUT2D eigenvalue weighted by Gasteiger charge is -2.33. The first-order chi connectivity index (χ1) is 25.4. The number of rotatable bonds is 18. The molecule has 2 unspecified atom stereocenters. The molecule has 3 aromatic carbocycles. The minimum atomic E-state index is -4.50. The molecule has 2 heterocycles. The highest BCUT2D eigenvalue weighted by atomic mass is 32.2. The van der Waals surface area contributed by atoms with E-state index in [2.05, 4.69) is 14.3 Å². The van der Waals surface area contributed by atoms with E-state index in [9.17, 15) is 32.1 Å². The van der Waals surface area contributed by atoms with Gasteiger partial charge in [-0.1, -0.05) is 45.6 Å². The van der Waals surface area contributed by atoms with Crippen molar-refractivity contribution in [1.82, 2.24) is 0 Å². The van der Waals surface area contributed by atoms with Crippen LogP contribution in [-0.4, -0.2) is 65.6 Å². The number of aliphatic carboxylic acids is 2. The lowest BCUT2D eigenvalue weighted by atomic mass is 9.79. The van der Waals surface area contributed by atoms with Crippen LogP contribution in [0.5, 0.6) is 0 Å². The molecule has 0 spiro atoms. The third kappa shape index (κ3) is 8.43. The van der Waals surface area contributed by atoms with E-state index < -0.39 is 55.8 Å². The smallest absolute Gasteiger partial charge is 0.303 e. The Balaban J connectivity index is 1.52. The van der Waals surface area contributed by atoms with Crippen LogP contribution in [0.4, 0.5) is 11.4 Å². The molecule has 0 radical (unpaired) electrons. The Bertz CT molecular complexity index is 2180. The summed E-state index contributed by atoms with van der Waals surface area (Å²) in [6.07, 6.45) is 7.02. The summed E-state index contributed by atoms with van der Waals surface area (Å²) in [5, 5.41) is 30.6. The number of carboxylic acid groups (broad SMARTS) is 2. The number of nitrogens with zero attached hydrogens (tertiary/aromatic N) is 2. The number of carboxylic acids is 2. The Labute approximate surface area is 317 Å². The second-order valence-electron chi connectivity index (χ2n) is 15.0. The van der Waals surface area contributed by atoms with Crippen LogP contribution in [0, 0.1) is 0 Å². The zero-order valence-electron chi connectivity index (χ0n) is 30.6. The molecule has 0 saturated heterocycles. The zero-order chi connectivity index (χ0) is 39.6. The standard InChI is InChI=1S/C38H46N2O12S2/c1-37(2)27-19-23(53-52-51-47)13-15-29(27)39(17-9-5-7-11-33(41)42)31(37)21-25-35(45)26(36(25)46)22-32-38(3,4)28-20-24(54(48,49)50)14-16-30(28)40(32)18-10-6-8-12-34(43)44/h13-16,19-22,31-32,47H,5-12,17-18H2,1-4H3,(H,41,42)(H,43,44)(H,48,49,50). The average molecular weight is 787 g/mol. The summed E-state index contributed by atoms with van der Waals surface area (Å²) in [6, 6.07) is 8.97. The minimum absolute atomic E-state index is 0.0198. The van der Waals surface area contributed by atoms with Crippen LogP contribution < -0.4 is 31.1 Å². The predicted octanol–water partition coefficient (Wildman–Crippen LogP) is 4.14. The van der Waals surface area contributed by atoms with Gasteiger partial charge in [0.2, 0.25) is 0 Å². The molecular formula is C38H46N2O12S2. The van der Waals surface area contributed by atoms with Crippen LogP contribution in [-0.2, 0) is 39.9 Å². The van der Waals surface area contributed by atoms with Crippen molar-refractivity contribution in [3.05, 3.63) is 78.4 Å². The van der Waals surface area contributed by atoms with Gasteiger partial charge in [0.15, 0.2) is 10.9 Å². The number of carbonyl (C=O) groups is 2. The van der Waals surface area contributed by atoms with Gasteiger partial charge in [0.05, 0.1) is 39.5 Å². The Morgan fingerprint density at radius 2 is 1.22 bits per heavy atom. The predicted molar refractivity (Wildman–Crippen MR) is 203 cm³/mol. The van der Waals surface area contributed by atoms with Crippen LogP contribution in [0.3, 0.4) is 0 Å². The van der Waals surface area contributed by atoms with Crippen molar-refractivity contribution in [3.63, 3.8) is 0 Å². The van der Waals surface area contributed by atoms with Gasteiger partial charge in [-0.05, 0) is 85.4 Å². The molecule has 0 saturated carbocycles. The van der Waals surface area contributed by atoms with E-state index in [1.165, 1.54) is 12.1 Å². The maximum Gasteiger partial charge on any atom is 0.303 e. The van der Waals surface area contributed by atoms with Gasteiger partial charge in [-0.25, -0.2) is 5.26 Å². The monoisotopic (exact) mass is 786 g/mol. The molecule has 2 aliphatic rings. The number of benzene rings is 2. The molecule has 5 rings (SSSR count). The number of hydrogen-bond acceptors (Lipinski definition) is 12. The fraction of sp³-hybridized carbons (Fsp3) is 0.474. The normalized spacial score (nSPS) is 18.5. The van der Waals surface area contributed by atoms with Gasteiger partial charge in [-0.2, -0.15) is 8.42 Å². The van der Waals surface area contributed by atoms with Gasteiger partial charge in [-0.15, -0.1) is 4.33 Å². The molecule has 0 aromatic heterocycles. The molecular weight excluding hydrogens is 741 g/mol. The van der Waals surface area contributed by atoms with Crippen LogP contribution in [0.2, 0.25) is 0 Å². The molecule has 0 bridgehead atoms. The molecule has 2 aliphatic heterocycles. The van der Waals surface area contributed by atoms with Gasteiger partial charge in [0.25, 0.3) is 10.1 Å². The minimum Gasteiger partial charge on any atom is -0.481 e. The fourth-order valence-corrected chi connectivity index (χ4v) is 8.77. The van der Waals surface area contributed by atoms with Gasteiger partial charge < -0.3 is 20.0 Å². The maximum atomic E-state index is 13.9. The summed E-state index contributed by atoms with van der Waals surface area (Å²) in [5.41, 5.74) is 0.907. The lowest BCUT2D eigenvalue weighted by molar-refractivity contribution is -0.432. The number of anilines is 2. The maximum absolute atomic E-state index is 13.9. The molecule has 0 amide bonds. The van der Waals surface area contributed by atoms with E-state index in [1.807, 2.05) is 44.7 Å². The SMILES string of the molecule is CC1(C)c2cc(SOOO)ccc2N(CCCCCC(=O)O)C1C=c1c(=O)c(=CC2N(CCCCCC(=O)O)c3ccc(S(=O)(=O)O)cc3C2(C)C)c1=O. The van der Waals surface area contributed by atoms with Crippen molar-refractivity contribution in [3.8, 4) is 0 Å². The first-order valence-electron chi connectivity index (χ1n) is 17.8. The van der Waals surface area contributed by atoms with Gasteiger partial charge >= 0.3 is 11.9 Å². The Morgan fingerprint density at radius 1 is 0.759 bits per heavy atom. The highest BCUT2D eigenvalue weighted by Crippen LogP contribution is 2.48. The second kappa shape index (κ2) is 16.4. The summed E-state index contributed by atoms with van der Waals surface area (Å²) in [4.78, 5) is 54.5. The summed E-state index contributed by atoms with van der Waals surface area (Å²) < 4.78 is 38.5. The van der Waals surface area contributed by atoms with Crippen LogP contribution >= 0.6 is 12.0 Å². The molecule has 54 heavy (non-hydrogen) atoms. The lowest BCUT2D eigenvalue weighted by Crippen LogP contribution is -2.66. The van der Waals surface area contributed by atoms with Crippen LogP contribution in [0.25, 0.3) is 12.2 Å². The molecule has 3 aromatic rings. The summed E-state index contributed by atoms with van der Waals surface area (Å²) in [6.45, 7) is 8.77. The van der Waals surface area contributed by atoms with Crippen molar-refractivity contribution in [2.45, 2.75) is 112 Å². The van der Waals surface area contributed by atoms with E-state index in [1.54, 1.807) is 24.3 Å². The van der Waals surface area contributed by atoms with E-state index in [-0.39, 0.29) is 28.2 Å². The third-order valence-electron chi connectivity index (χ3n) is 10.8. The summed E-state index contributed by atoms with van der Waals surface area (Å²) >= 11 is 0.821. The Hall–Kier alpha value is -4.06. The Morgan fingerprint density at radius 3 is 1.67 bits per heavy atom. The second-order valence-corrected chi connectivity index (χ2v) is 17.2. The average Bonchev–Trinajstić information content (AvgIpc) is 3.44. The topological polar surface area (TPSA) is 208 Å². The molecule has 0 aliphatic carbocycles. The van der Waals surface area contributed by atoms with E-state index in [4.69, 9.17) is 15.5 Å². The summed E-state index contributed by atoms with van der Waals surface area (Å²) in [5.74, 6) is -1.74. The number of unbranched alkanes of at least 4 members (excludes halogenated alkanes) is 4. The molecule has 2 atom stereocenters. The first kappa shape index (κ1) is 41.1. The third-order valence-corrected chi connectivity index (χ3v) is 12.2. The van der Waals surface area contributed by atoms with Crippen molar-refractivity contribution < 1.29 is 47.4 Å². The Kier molecular flexibility index (Phi) is 12.4. The van der Waals surface area contributed by atoms with Gasteiger partial charge in [0, 0.05) is 53.0 Å². The van der Waals surface area contributed by atoms with E-state index in [0.717, 1.165) is 23.3 Å². The highest BCUT2D eigenvalue weighted by molar-refractivity contribution is 7.94. The van der Waals surface area contributed by atoms with Crippen molar-refractivity contribution in [2.75, 3.05) is 22.9 Å². The van der Waals surface area contributed by atoms with Crippen LogP contribution in [0.15, 0.2) is 55.8 Å². The largest absolute Gasteiger partial charge is 0.481 e.